The molecular formula is C10H23N3OS. The second-order valence-corrected chi connectivity index (χ2v) is 6.11. The van der Waals surface area contributed by atoms with Crippen LogP contribution >= 0.6 is 11.5 Å². The van der Waals surface area contributed by atoms with Crippen molar-refractivity contribution in [2.45, 2.75) is 26.9 Å². The van der Waals surface area contributed by atoms with Crippen LogP contribution in [0.25, 0.3) is 0 Å². The van der Waals surface area contributed by atoms with Crippen molar-refractivity contribution < 1.29 is 4.74 Å². The molecular weight excluding hydrogens is 210 g/mol. The molecule has 2 aliphatic heterocycles. The van der Waals surface area contributed by atoms with E-state index in [1.54, 1.807) is 0 Å². The summed E-state index contributed by atoms with van der Waals surface area (Å²) < 4.78 is 13.2. The standard InChI is InChI=1S/C10H23N3OS/c1-4-12-10(3)13(5-2)15(12)11-6-8-14-9-7-11/h10,15H,4-9H2,1-3H3. The lowest BCUT2D eigenvalue weighted by molar-refractivity contribution is 0.0582. The summed E-state index contributed by atoms with van der Waals surface area (Å²) in [5.74, 6) is 0. The molecule has 0 aliphatic carbocycles. The van der Waals surface area contributed by atoms with E-state index in [-0.39, 0.29) is 11.5 Å². The zero-order valence-corrected chi connectivity index (χ0v) is 10.9. The molecule has 0 saturated carbocycles. The summed E-state index contributed by atoms with van der Waals surface area (Å²) in [7, 11) is 0. The summed E-state index contributed by atoms with van der Waals surface area (Å²) in [6.45, 7) is 13.2. The van der Waals surface area contributed by atoms with Crippen molar-refractivity contribution >= 4 is 11.5 Å². The topological polar surface area (TPSA) is 19.0 Å². The Bertz CT molecular complexity index is 199. The number of hydrogen-bond donors (Lipinski definition) is 1. The Labute approximate surface area is 95.9 Å². The van der Waals surface area contributed by atoms with Crippen LogP contribution in [0.15, 0.2) is 0 Å². The van der Waals surface area contributed by atoms with Crippen molar-refractivity contribution in [3.05, 3.63) is 0 Å². The van der Waals surface area contributed by atoms with Crippen LogP contribution in [0.3, 0.4) is 0 Å². The van der Waals surface area contributed by atoms with Gasteiger partial charge in [-0.1, -0.05) is 25.3 Å². The van der Waals surface area contributed by atoms with Gasteiger partial charge in [-0.15, -0.1) is 0 Å². The maximum atomic E-state index is 5.41. The highest BCUT2D eigenvalue weighted by Gasteiger charge is 2.42. The maximum absolute atomic E-state index is 5.41. The SMILES string of the molecule is CCN1C(C)N(CC)[SH]1N1CCOCC1. The summed E-state index contributed by atoms with van der Waals surface area (Å²) >= 11 is -0.162. The average molecular weight is 233 g/mol. The van der Waals surface area contributed by atoms with Gasteiger partial charge in [0.15, 0.2) is 0 Å². The fourth-order valence-corrected chi connectivity index (χ4v) is 5.06. The lowest BCUT2D eigenvalue weighted by Gasteiger charge is -2.62. The molecule has 0 aromatic rings. The van der Waals surface area contributed by atoms with Crippen LogP contribution in [0.2, 0.25) is 0 Å². The second-order valence-electron chi connectivity index (χ2n) is 3.98. The molecule has 0 N–H and O–H groups in total. The largest absolute Gasteiger partial charge is 0.379 e. The van der Waals surface area contributed by atoms with Gasteiger partial charge in [-0.2, -0.15) is 0 Å². The number of morpholine rings is 1. The first kappa shape index (κ1) is 11.7. The third kappa shape index (κ3) is 2.03. The molecule has 5 heteroatoms. The zero-order valence-electron chi connectivity index (χ0n) is 10.0. The third-order valence-corrected chi connectivity index (χ3v) is 6.27. The van der Waals surface area contributed by atoms with E-state index in [0.717, 1.165) is 26.3 Å². The van der Waals surface area contributed by atoms with Gasteiger partial charge in [0.05, 0.1) is 19.4 Å². The Morgan fingerprint density at radius 1 is 1.13 bits per heavy atom. The van der Waals surface area contributed by atoms with Crippen LogP contribution in [-0.4, -0.2) is 58.5 Å². The van der Waals surface area contributed by atoms with E-state index in [4.69, 9.17) is 4.74 Å². The highest BCUT2D eigenvalue weighted by Crippen LogP contribution is 2.51. The summed E-state index contributed by atoms with van der Waals surface area (Å²) in [5, 5.41) is 0. The molecule has 15 heavy (non-hydrogen) atoms. The first-order chi connectivity index (χ1) is 7.29. The molecule has 90 valence electrons. The molecule has 0 bridgehead atoms. The van der Waals surface area contributed by atoms with Gasteiger partial charge in [-0.25, -0.2) is 12.9 Å². The first-order valence-corrected chi connectivity index (χ1v) is 7.15. The minimum atomic E-state index is -0.162. The van der Waals surface area contributed by atoms with E-state index >= 15 is 0 Å². The van der Waals surface area contributed by atoms with E-state index < -0.39 is 0 Å². The molecule has 2 aliphatic rings. The zero-order chi connectivity index (χ0) is 10.8. The molecule has 0 radical (unpaired) electrons. The molecule has 2 fully saturated rings. The Kier molecular flexibility index (Phi) is 3.90. The van der Waals surface area contributed by atoms with Crippen LogP contribution in [0.4, 0.5) is 0 Å². The van der Waals surface area contributed by atoms with Crippen LogP contribution < -0.4 is 0 Å². The van der Waals surface area contributed by atoms with E-state index in [2.05, 4.69) is 33.7 Å². The smallest absolute Gasteiger partial charge is 0.0798 e. The van der Waals surface area contributed by atoms with E-state index in [9.17, 15) is 0 Å². The number of hydrogen-bond acceptors (Lipinski definition) is 4. The Hall–Kier alpha value is 0.190. The van der Waals surface area contributed by atoms with Crippen molar-refractivity contribution in [2.24, 2.45) is 0 Å². The molecule has 2 rings (SSSR count). The van der Waals surface area contributed by atoms with Gasteiger partial charge in [0.1, 0.15) is 0 Å². The van der Waals surface area contributed by atoms with E-state index in [1.165, 1.54) is 13.1 Å². The van der Waals surface area contributed by atoms with Crippen LogP contribution in [0.5, 0.6) is 0 Å². The fourth-order valence-electron chi connectivity index (χ4n) is 2.39. The normalized spacial score (nSPS) is 37.8. The monoisotopic (exact) mass is 233 g/mol. The highest BCUT2D eigenvalue weighted by molar-refractivity contribution is 8.11. The summed E-state index contributed by atoms with van der Waals surface area (Å²) in [6.07, 6.45) is 0.633. The van der Waals surface area contributed by atoms with Gasteiger partial charge in [0.2, 0.25) is 0 Å². The molecule has 0 aromatic heterocycles. The fraction of sp³-hybridized carbons (Fsp3) is 1.00. The summed E-state index contributed by atoms with van der Waals surface area (Å²) in [4.78, 5) is 0. The molecule has 0 aromatic carbocycles. The predicted octanol–water partition coefficient (Wildman–Crippen LogP) is 1.07. The number of ether oxygens (including phenoxy) is 1. The molecule has 2 saturated heterocycles. The minimum absolute atomic E-state index is 0.162. The van der Waals surface area contributed by atoms with Crippen LogP contribution in [0.1, 0.15) is 20.8 Å². The van der Waals surface area contributed by atoms with Gasteiger partial charge < -0.3 is 4.74 Å². The maximum Gasteiger partial charge on any atom is 0.0798 e. The number of thiol groups is 1. The van der Waals surface area contributed by atoms with Gasteiger partial charge >= 0.3 is 0 Å². The highest BCUT2D eigenvalue weighted by atomic mass is 32.2. The number of rotatable bonds is 3. The molecule has 0 spiro atoms. The van der Waals surface area contributed by atoms with E-state index in [0.29, 0.717) is 6.17 Å². The van der Waals surface area contributed by atoms with Crippen molar-refractivity contribution in [1.82, 2.24) is 12.9 Å². The predicted molar refractivity (Wildman–Crippen MR) is 65.6 cm³/mol. The van der Waals surface area contributed by atoms with Crippen molar-refractivity contribution in [2.75, 3.05) is 39.4 Å². The first-order valence-electron chi connectivity index (χ1n) is 5.95. The van der Waals surface area contributed by atoms with Gasteiger partial charge in [0, 0.05) is 26.2 Å². The molecule has 2 heterocycles. The van der Waals surface area contributed by atoms with Crippen molar-refractivity contribution in [1.29, 1.82) is 0 Å². The van der Waals surface area contributed by atoms with Crippen molar-refractivity contribution in [3.63, 3.8) is 0 Å². The van der Waals surface area contributed by atoms with Crippen LogP contribution in [-0.2, 0) is 4.74 Å². The molecule has 0 atom stereocenters. The molecule has 0 amide bonds. The van der Waals surface area contributed by atoms with Crippen LogP contribution in [0, 0.1) is 0 Å². The van der Waals surface area contributed by atoms with Gasteiger partial charge in [-0.05, 0) is 6.92 Å². The minimum Gasteiger partial charge on any atom is -0.379 e. The van der Waals surface area contributed by atoms with Gasteiger partial charge in [-0.3, -0.25) is 0 Å². The Morgan fingerprint density at radius 3 is 2.13 bits per heavy atom. The Morgan fingerprint density at radius 2 is 1.67 bits per heavy atom. The summed E-state index contributed by atoms with van der Waals surface area (Å²) in [5.41, 5.74) is 0. The molecule has 0 unspecified atom stereocenters. The van der Waals surface area contributed by atoms with Crippen molar-refractivity contribution in [3.8, 4) is 0 Å². The summed E-state index contributed by atoms with van der Waals surface area (Å²) in [6, 6.07) is 0. The second kappa shape index (κ2) is 5.01. The lowest BCUT2D eigenvalue weighted by atomic mass is 10.5. The molecule has 4 nitrogen and oxygen atoms in total. The quantitative estimate of drug-likeness (QED) is 0.735. The lowest BCUT2D eigenvalue weighted by Crippen LogP contribution is -2.61. The average Bonchev–Trinajstić information content (AvgIpc) is 2.28. The van der Waals surface area contributed by atoms with E-state index in [1.807, 2.05) is 0 Å². The van der Waals surface area contributed by atoms with Gasteiger partial charge in [0.25, 0.3) is 0 Å². The third-order valence-electron chi connectivity index (χ3n) is 3.21. The Balaban J connectivity index is 1.98. The number of nitrogens with zero attached hydrogens (tertiary/aromatic N) is 3.